The summed E-state index contributed by atoms with van der Waals surface area (Å²) >= 11 is 0. The highest BCUT2D eigenvalue weighted by molar-refractivity contribution is 7.92. The summed E-state index contributed by atoms with van der Waals surface area (Å²) in [6.07, 6.45) is -1.98. The molecule has 41 heavy (non-hydrogen) atoms. The van der Waals surface area contributed by atoms with Crippen molar-refractivity contribution in [2.24, 2.45) is 5.84 Å². The van der Waals surface area contributed by atoms with Crippen molar-refractivity contribution in [1.82, 2.24) is 5.01 Å². The van der Waals surface area contributed by atoms with Crippen LogP contribution in [0.1, 0.15) is 37.3 Å². The highest BCUT2D eigenvalue weighted by Gasteiger charge is 2.41. The second-order valence-electron chi connectivity index (χ2n) is 9.75. The van der Waals surface area contributed by atoms with E-state index in [2.05, 4.69) is 0 Å². The number of hydrogen-bond donors (Lipinski definition) is 3. The van der Waals surface area contributed by atoms with Crippen LogP contribution >= 0.6 is 0 Å². The number of carbonyl (C=O) groups is 1. The van der Waals surface area contributed by atoms with E-state index < -0.39 is 33.3 Å². The summed E-state index contributed by atoms with van der Waals surface area (Å²) in [6.45, 7) is 2.08. The topological polar surface area (TPSA) is 149 Å². The van der Waals surface area contributed by atoms with Crippen LogP contribution in [-0.4, -0.2) is 53.9 Å². The van der Waals surface area contributed by atoms with Gasteiger partial charge in [0.15, 0.2) is 21.3 Å². The van der Waals surface area contributed by atoms with E-state index in [-0.39, 0.29) is 42.7 Å². The smallest absolute Gasteiger partial charge is 0.421 e. The molecule has 4 rings (SSSR count). The number of aliphatic hydroxyl groups is 1. The highest BCUT2D eigenvalue weighted by atomic mass is 32.2. The molecule has 1 aliphatic heterocycles. The molecule has 0 aliphatic carbocycles. The molecule has 3 aromatic rings. The minimum Gasteiger partial charge on any atom is -0.489 e. The third kappa shape index (κ3) is 7.26. The summed E-state index contributed by atoms with van der Waals surface area (Å²) in [5.74, 6) is 6.74. The van der Waals surface area contributed by atoms with Crippen LogP contribution in [0.4, 0.5) is 9.18 Å². The lowest BCUT2D eigenvalue weighted by Gasteiger charge is -2.34. The summed E-state index contributed by atoms with van der Waals surface area (Å²) in [7, 11) is -4.14. The molecule has 0 aromatic heterocycles. The second-order valence-corrected chi connectivity index (χ2v) is 11.9. The predicted octanol–water partition coefficient (Wildman–Crippen LogP) is 4.29. The Morgan fingerprint density at radius 1 is 1.05 bits per heavy atom. The Labute approximate surface area is 238 Å². The van der Waals surface area contributed by atoms with E-state index in [0.717, 1.165) is 5.56 Å². The number of sulfone groups is 1. The van der Waals surface area contributed by atoms with Crippen molar-refractivity contribution in [2.45, 2.75) is 61.5 Å². The van der Waals surface area contributed by atoms with Gasteiger partial charge in [0, 0.05) is 6.07 Å². The average molecular weight is 589 g/mol. The van der Waals surface area contributed by atoms with Crippen molar-refractivity contribution >= 4 is 15.9 Å². The number of unbranched alkanes of at least 4 members (excludes halogenated alkanes) is 1. The van der Waals surface area contributed by atoms with Gasteiger partial charge in [-0.15, -0.1) is 0 Å². The van der Waals surface area contributed by atoms with Gasteiger partial charge in [0.25, 0.3) is 0 Å². The lowest BCUT2D eigenvalue weighted by molar-refractivity contribution is 0.0436. The van der Waals surface area contributed by atoms with Crippen LogP contribution in [0.25, 0.3) is 0 Å². The van der Waals surface area contributed by atoms with Crippen molar-refractivity contribution in [3.8, 4) is 17.2 Å². The first kappa shape index (κ1) is 30.1. The Morgan fingerprint density at radius 2 is 1.71 bits per heavy atom. The minimum absolute atomic E-state index is 0.0282. The number of ether oxygens (including phenoxy) is 3. The summed E-state index contributed by atoms with van der Waals surface area (Å²) in [5.41, 5.74) is 1.38. The summed E-state index contributed by atoms with van der Waals surface area (Å²) in [6, 6.07) is 15.6. The van der Waals surface area contributed by atoms with Gasteiger partial charge >= 0.3 is 6.09 Å². The maximum absolute atomic E-state index is 13.8. The van der Waals surface area contributed by atoms with Crippen LogP contribution in [0.5, 0.6) is 17.2 Å². The van der Waals surface area contributed by atoms with Gasteiger partial charge in [0.05, 0.1) is 22.3 Å². The van der Waals surface area contributed by atoms with E-state index in [4.69, 9.17) is 20.1 Å². The molecule has 3 atom stereocenters. The Bertz CT molecular complexity index is 1430. The molecule has 12 heteroatoms. The molecular weight excluding hydrogens is 555 g/mol. The predicted molar refractivity (Wildman–Crippen MR) is 148 cm³/mol. The zero-order chi connectivity index (χ0) is 29.6. The number of benzene rings is 3. The summed E-state index contributed by atoms with van der Waals surface area (Å²) in [5, 5.41) is 20.3. The van der Waals surface area contributed by atoms with Crippen LogP contribution in [0.2, 0.25) is 0 Å². The van der Waals surface area contributed by atoms with E-state index in [0.29, 0.717) is 34.9 Å². The van der Waals surface area contributed by atoms with E-state index in [1.54, 1.807) is 36.4 Å². The molecule has 220 valence electrons. The van der Waals surface area contributed by atoms with Gasteiger partial charge < -0.3 is 24.4 Å². The van der Waals surface area contributed by atoms with Gasteiger partial charge in [-0.2, -0.15) is 0 Å². The van der Waals surface area contributed by atoms with Gasteiger partial charge in [-0.3, -0.25) is 0 Å². The molecule has 0 saturated heterocycles. The molecule has 0 bridgehead atoms. The molecule has 1 amide bonds. The molecule has 4 N–H and O–H groups in total. The van der Waals surface area contributed by atoms with Crippen molar-refractivity contribution in [1.29, 1.82) is 0 Å². The molecule has 1 unspecified atom stereocenters. The standard InChI is InChI=1S/C29H33FN2O8S/c1-2-3-4-27(41(36,37)23-13-14-25-26(16-23)40-18-39-25)28(33)24(32(31)29(34)35)15-19-7-11-22(12-8-19)38-17-20-5-9-21(30)10-6-20/h5-14,16,24,27-28,33H,2-4,15,17-18,31H2,1H3,(H,34,35)/t24-,27?,28+/m0/s1. The lowest BCUT2D eigenvalue weighted by atomic mass is 9.96. The van der Waals surface area contributed by atoms with Crippen LogP contribution in [0, 0.1) is 5.82 Å². The van der Waals surface area contributed by atoms with E-state index in [1.807, 2.05) is 6.92 Å². The van der Waals surface area contributed by atoms with Crippen molar-refractivity contribution < 1.29 is 42.0 Å². The van der Waals surface area contributed by atoms with E-state index in [9.17, 15) is 27.8 Å². The molecule has 10 nitrogen and oxygen atoms in total. The normalized spacial score (nSPS) is 14.7. The largest absolute Gasteiger partial charge is 0.489 e. The highest BCUT2D eigenvalue weighted by Crippen LogP contribution is 2.36. The van der Waals surface area contributed by atoms with E-state index >= 15 is 0 Å². The zero-order valence-electron chi connectivity index (χ0n) is 22.5. The van der Waals surface area contributed by atoms with Crippen LogP contribution in [0.3, 0.4) is 0 Å². The Kier molecular flexibility index (Phi) is 9.69. The number of carboxylic acid groups (broad SMARTS) is 1. The Morgan fingerprint density at radius 3 is 2.37 bits per heavy atom. The number of fused-ring (bicyclic) bond motifs is 1. The number of aliphatic hydroxyl groups excluding tert-OH is 1. The molecular formula is C29H33FN2O8S. The number of amides is 1. The van der Waals surface area contributed by atoms with Gasteiger partial charge in [-0.1, -0.05) is 44.0 Å². The number of hydrazine groups is 1. The maximum atomic E-state index is 13.8. The third-order valence-corrected chi connectivity index (χ3v) is 9.18. The molecule has 0 radical (unpaired) electrons. The Balaban J connectivity index is 1.55. The number of rotatable bonds is 13. The fraction of sp³-hybridized carbons (Fsp3) is 0.345. The summed E-state index contributed by atoms with van der Waals surface area (Å²) in [4.78, 5) is 11.8. The van der Waals surface area contributed by atoms with Crippen LogP contribution < -0.4 is 20.1 Å². The zero-order valence-corrected chi connectivity index (χ0v) is 23.3. The van der Waals surface area contributed by atoms with Crippen molar-refractivity contribution in [2.75, 3.05) is 6.79 Å². The first-order valence-corrected chi connectivity index (χ1v) is 14.7. The maximum Gasteiger partial charge on any atom is 0.421 e. The fourth-order valence-corrected chi connectivity index (χ4v) is 6.53. The molecule has 1 heterocycles. The number of nitrogens with two attached hydrogens (primary N) is 1. The molecule has 0 spiro atoms. The lowest BCUT2D eigenvalue weighted by Crippen LogP contribution is -2.56. The number of hydrogen-bond acceptors (Lipinski definition) is 8. The molecule has 3 aromatic carbocycles. The molecule has 1 aliphatic rings. The third-order valence-electron chi connectivity index (χ3n) is 6.95. The van der Waals surface area contributed by atoms with Gasteiger partial charge in [0.2, 0.25) is 6.79 Å². The molecule has 0 fully saturated rings. The first-order valence-electron chi connectivity index (χ1n) is 13.1. The van der Waals surface area contributed by atoms with Crippen LogP contribution in [-0.2, 0) is 22.9 Å². The van der Waals surface area contributed by atoms with Gasteiger partial charge in [0.1, 0.15) is 18.2 Å². The van der Waals surface area contributed by atoms with Gasteiger partial charge in [-0.25, -0.2) is 28.5 Å². The van der Waals surface area contributed by atoms with Crippen LogP contribution in [0.15, 0.2) is 71.6 Å². The number of halogens is 1. The van der Waals surface area contributed by atoms with Gasteiger partial charge in [-0.05, 0) is 60.4 Å². The molecule has 0 saturated carbocycles. The SMILES string of the molecule is CCCCC([C@H](O)[C@H](Cc1ccc(OCc2ccc(F)cc2)cc1)N(N)C(=O)O)S(=O)(=O)c1ccc2c(c1)OCO2. The second kappa shape index (κ2) is 13.2. The van der Waals surface area contributed by atoms with Crippen molar-refractivity contribution in [3.05, 3.63) is 83.7 Å². The first-order chi connectivity index (χ1) is 19.6. The average Bonchev–Trinajstić information content (AvgIpc) is 3.44. The summed E-state index contributed by atoms with van der Waals surface area (Å²) < 4.78 is 57.0. The monoisotopic (exact) mass is 588 g/mol. The van der Waals surface area contributed by atoms with E-state index in [1.165, 1.54) is 30.3 Å². The Hall–Kier alpha value is -3.87. The quantitative estimate of drug-likeness (QED) is 0.151. The van der Waals surface area contributed by atoms with Crippen molar-refractivity contribution in [3.63, 3.8) is 0 Å². The number of nitrogens with zero attached hydrogens (tertiary/aromatic N) is 1. The fourth-order valence-electron chi connectivity index (χ4n) is 4.63. The minimum atomic E-state index is -4.14.